The quantitative estimate of drug-likeness (QED) is 0.614. The summed E-state index contributed by atoms with van der Waals surface area (Å²) in [5.41, 5.74) is 6.53. The Bertz CT molecular complexity index is 442. The van der Waals surface area contributed by atoms with Gasteiger partial charge >= 0.3 is 0 Å². The number of halogens is 1. The summed E-state index contributed by atoms with van der Waals surface area (Å²) in [5.74, 6) is 0.559. The molecule has 1 aromatic carbocycles. The largest absolute Gasteiger partial charge is 0.389 e. The average Bonchev–Trinajstić information content (AvgIpc) is 2.87. The predicted octanol–water partition coefficient (Wildman–Crippen LogP) is 3.84. The number of nitrogens with one attached hydrogen (secondary N) is 1. The number of hydrogen-bond acceptors (Lipinski definition) is 2. The highest BCUT2D eigenvalue weighted by atomic mass is 32.1. The van der Waals surface area contributed by atoms with Gasteiger partial charge in [0.2, 0.25) is 0 Å². The van der Waals surface area contributed by atoms with Crippen molar-refractivity contribution >= 4 is 22.9 Å². The van der Waals surface area contributed by atoms with E-state index in [0.29, 0.717) is 5.56 Å². The molecule has 0 saturated heterocycles. The van der Waals surface area contributed by atoms with Crippen molar-refractivity contribution in [3.8, 4) is 0 Å². The van der Waals surface area contributed by atoms with Crippen LogP contribution in [0.1, 0.15) is 44.1 Å². The van der Waals surface area contributed by atoms with Crippen molar-refractivity contribution in [1.82, 2.24) is 0 Å². The van der Waals surface area contributed by atoms with Crippen molar-refractivity contribution in [2.75, 3.05) is 11.9 Å². The summed E-state index contributed by atoms with van der Waals surface area (Å²) in [6, 6.07) is 4.92. The molecule has 0 aliphatic heterocycles. The molecule has 104 valence electrons. The lowest BCUT2D eigenvalue weighted by atomic mass is 10.0. The Labute approximate surface area is 119 Å². The molecule has 1 aromatic rings. The van der Waals surface area contributed by atoms with Gasteiger partial charge in [0.15, 0.2) is 0 Å². The van der Waals surface area contributed by atoms with Crippen LogP contribution in [-0.4, -0.2) is 11.5 Å². The van der Waals surface area contributed by atoms with Gasteiger partial charge in [-0.25, -0.2) is 4.39 Å². The monoisotopic (exact) mass is 280 g/mol. The molecule has 1 fully saturated rings. The van der Waals surface area contributed by atoms with Crippen molar-refractivity contribution in [3.63, 3.8) is 0 Å². The zero-order valence-electron chi connectivity index (χ0n) is 11.1. The molecule has 1 saturated carbocycles. The van der Waals surface area contributed by atoms with Crippen LogP contribution in [0.2, 0.25) is 0 Å². The van der Waals surface area contributed by atoms with Gasteiger partial charge in [-0.2, -0.15) is 0 Å². The molecule has 0 radical (unpaired) electrons. The molecular weight excluding hydrogens is 259 g/mol. The highest BCUT2D eigenvalue weighted by molar-refractivity contribution is 7.80. The van der Waals surface area contributed by atoms with E-state index in [1.54, 1.807) is 6.07 Å². The van der Waals surface area contributed by atoms with Crippen LogP contribution < -0.4 is 11.1 Å². The molecule has 0 amide bonds. The Balaban J connectivity index is 1.76. The van der Waals surface area contributed by atoms with E-state index in [2.05, 4.69) is 5.32 Å². The van der Waals surface area contributed by atoms with Crippen LogP contribution in [0, 0.1) is 11.7 Å². The van der Waals surface area contributed by atoms with E-state index >= 15 is 0 Å². The third-order valence-electron chi connectivity index (χ3n) is 3.83. The SMILES string of the molecule is NC(=S)c1ccc(NCCCC2CCCC2)cc1F. The van der Waals surface area contributed by atoms with Gasteiger partial charge < -0.3 is 11.1 Å². The van der Waals surface area contributed by atoms with Gasteiger partial charge in [0, 0.05) is 17.8 Å². The van der Waals surface area contributed by atoms with Crippen LogP contribution in [0.5, 0.6) is 0 Å². The minimum atomic E-state index is -0.353. The molecular formula is C15H21FN2S. The summed E-state index contributed by atoms with van der Waals surface area (Å²) in [5, 5.41) is 3.25. The first-order chi connectivity index (χ1) is 9.16. The highest BCUT2D eigenvalue weighted by Gasteiger charge is 2.13. The maximum atomic E-state index is 13.6. The Morgan fingerprint density at radius 3 is 2.74 bits per heavy atom. The number of thiocarbonyl (C=S) groups is 1. The Morgan fingerprint density at radius 2 is 2.11 bits per heavy atom. The lowest BCUT2D eigenvalue weighted by molar-refractivity contribution is 0.491. The van der Waals surface area contributed by atoms with Gasteiger partial charge in [0.25, 0.3) is 0 Å². The average molecular weight is 280 g/mol. The van der Waals surface area contributed by atoms with Crippen LogP contribution in [0.15, 0.2) is 18.2 Å². The lowest BCUT2D eigenvalue weighted by Gasteiger charge is -2.11. The van der Waals surface area contributed by atoms with Crippen LogP contribution in [0.25, 0.3) is 0 Å². The zero-order chi connectivity index (χ0) is 13.7. The third kappa shape index (κ3) is 4.16. The number of hydrogen-bond donors (Lipinski definition) is 2. The van der Waals surface area contributed by atoms with Gasteiger partial charge in [-0.3, -0.25) is 0 Å². The van der Waals surface area contributed by atoms with Crippen molar-refractivity contribution in [2.24, 2.45) is 11.7 Å². The fourth-order valence-corrected chi connectivity index (χ4v) is 2.91. The minimum absolute atomic E-state index is 0.102. The van der Waals surface area contributed by atoms with E-state index in [1.165, 1.54) is 38.2 Å². The molecule has 4 heteroatoms. The normalized spacial score (nSPS) is 15.6. The van der Waals surface area contributed by atoms with Crippen molar-refractivity contribution < 1.29 is 4.39 Å². The maximum Gasteiger partial charge on any atom is 0.135 e. The van der Waals surface area contributed by atoms with Gasteiger partial charge in [0.1, 0.15) is 10.8 Å². The topological polar surface area (TPSA) is 38.0 Å². The van der Waals surface area contributed by atoms with Crippen LogP contribution in [-0.2, 0) is 0 Å². The van der Waals surface area contributed by atoms with Crippen molar-refractivity contribution in [3.05, 3.63) is 29.6 Å². The summed E-state index contributed by atoms with van der Waals surface area (Å²) in [6.45, 7) is 0.891. The van der Waals surface area contributed by atoms with Gasteiger partial charge in [0.05, 0.1) is 0 Å². The van der Waals surface area contributed by atoms with Crippen LogP contribution in [0.3, 0.4) is 0 Å². The highest BCUT2D eigenvalue weighted by Crippen LogP contribution is 2.28. The first-order valence-electron chi connectivity index (χ1n) is 7.00. The molecule has 19 heavy (non-hydrogen) atoms. The maximum absolute atomic E-state index is 13.6. The van der Waals surface area contributed by atoms with E-state index in [4.69, 9.17) is 18.0 Å². The molecule has 0 heterocycles. The van der Waals surface area contributed by atoms with E-state index in [0.717, 1.165) is 24.6 Å². The van der Waals surface area contributed by atoms with Crippen LogP contribution in [0.4, 0.5) is 10.1 Å². The van der Waals surface area contributed by atoms with Crippen molar-refractivity contribution in [2.45, 2.75) is 38.5 Å². The molecule has 1 aliphatic rings. The predicted molar refractivity (Wildman–Crippen MR) is 82.0 cm³/mol. The van der Waals surface area contributed by atoms with Crippen molar-refractivity contribution in [1.29, 1.82) is 0 Å². The molecule has 0 aromatic heterocycles. The molecule has 0 bridgehead atoms. The Kier molecular flexibility index (Phi) is 5.14. The Morgan fingerprint density at radius 1 is 1.37 bits per heavy atom. The summed E-state index contributed by atoms with van der Waals surface area (Å²) in [4.78, 5) is 0.102. The second-order valence-corrected chi connectivity index (χ2v) is 5.72. The second kappa shape index (κ2) is 6.85. The van der Waals surface area contributed by atoms with Crippen LogP contribution >= 0.6 is 12.2 Å². The summed E-state index contributed by atoms with van der Waals surface area (Å²) in [6.07, 6.45) is 7.98. The summed E-state index contributed by atoms with van der Waals surface area (Å²) < 4.78 is 13.6. The lowest BCUT2D eigenvalue weighted by Crippen LogP contribution is -2.12. The number of benzene rings is 1. The second-order valence-electron chi connectivity index (χ2n) is 5.28. The molecule has 0 atom stereocenters. The number of anilines is 1. The summed E-state index contributed by atoms with van der Waals surface area (Å²) >= 11 is 4.78. The zero-order valence-corrected chi connectivity index (χ0v) is 11.9. The van der Waals surface area contributed by atoms with E-state index in [9.17, 15) is 4.39 Å². The van der Waals surface area contributed by atoms with E-state index in [1.807, 2.05) is 6.07 Å². The smallest absolute Gasteiger partial charge is 0.135 e. The Hall–Kier alpha value is -1.16. The third-order valence-corrected chi connectivity index (χ3v) is 4.05. The number of rotatable bonds is 6. The molecule has 2 rings (SSSR count). The molecule has 3 N–H and O–H groups in total. The standard InChI is InChI=1S/C15H21FN2S/c16-14-10-12(7-8-13(14)15(17)19)18-9-3-6-11-4-1-2-5-11/h7-8,10-11,18H,1-6,9H2,(H2,17,19). The number of nitrogens with two attached hydrogens (primary N) is 1. The van der Waals surface area contributed by atoms with E-state index < -0.39 is 0 Å². The molecule has 2 nitrogen and oxygen atoms in total. The first kappa shape index (κ1) is 14.3. The van der Waals surface area contributed by atoms with E-state index in [-0.39, 0.29) is 10.8 Å². The van der Waals surface area contributed by atoms with Gasteiger partial charge in [-0.1, -0.05) is 37.9 Å². The fourth-order valence-electron chi connectivity index (χ4n) is 2.75. The summed E-state index contributed by atoms with van der Waals surface area (Å²) in [7, 11) is 0. The fraction of sp³-hybridized carbons (Fsp3) is 0.533. The first-order valence-corrected chi connectivity index (χ1v) is 7.41. The van der Waals surface area contributed by atoms with Gasteiger partial charge in [-0.15, -0.1) is 0 Å². The molecule has 0 spiro atoms. The minimum Gasteiger partial charge on any atom is -0.389 e. The molecule has 1 aliphatic carbocycles. The van der Waals surface area contributed by atoms with Gasteiger partial charge in [-0.05, 0) is 37.0 Å². The molecule has 0 unspecified atom stereocenters.